The van der Waals surface area contributed by atoms with Crippen LogP contribution in [0.15, 0.2) is 42.5 Å². The molecule has 3 rings (SSSR count). The average Bonchev–Trinajstić information content (AvgIpc) is 2.72. The van der Waals surface area contributed by atoms with Crippen LogP contribution in [0.5, 0.6) is 0 Å². The molecule has 1 saturated heterocycles. The first-order valence-corrected chi connectivity index (χ1v) is 7.46. The molecule has 1 N–H and O–H groups in total. The highest BCUT2D eigenvalue weighted by Gasteiger charge is 2.17. The Morgan fingerprint density at radius 1 is 1.00 bits per heavy atom. The zero-order valence-electron chi connectivity index (χ0n) is 12.4. The van der Waals surface area contributed by atoms with Crippen molar-refractivity contribution in [3.05, 3.63) is 42.5 Å². The molecule has 4 nitrogen and oxygen atoms in total. The lowest BCUT2D eigenvalue weighted by molar-refractivity contribution is 0.213. The van der Waals surface area contributed by atoms with Crippen LogP contribution in [0.4, 0.5) is 10.5 Å². The number of nitrogens with one attached hydrogen (secondary N) is 1. The van der Waals surface area contributed by atoms with Gasteiger partial charge in [0.2, 0.25) is 0 Å². The molecule has 21 heavy (non-hydrogen) atoms. The Balaban J connectivity index is 1.77. The fourth-order valence-corrected chi connectivity index (χ4v) is 2.78. The van der Waals surface area contributed by atoms with E-state index in [1.807, 2.05) is 35.2 Å². The second kappa shape index (κ2) is 6.14. The number of hydrogen-bond donors (Lipinski definition) is 1. The Bertz CT molecular complexity index is 635. The summed E-state index contributed by atoms with van der Waals surface area (Å²) in [6.07, 6.45) is 1.03. The number of hydrogen-bond acceptors (Lipinski definition) is 2. The zero-order valence-corrected chi connectivity index (χ0v) is 12.4. The Morgan fingerprint density at radius 3 is 2.71 bits per heavy atom. The van der Waals surface area contributed by atoms with E-state index in [1.165, 1.54) is 0 Å². The van der Waals surface area contributed by atoms with E-state index >= 15 is 0 Å². The summed E-state index contributed by atoms with van der Waals surface area (Å²) < 4.78 is 0. The van der Waals surface area contributed by atoms with Crippen LogP contribution in [-0.2, 0) is 0 Å². The summed E-state index contributed by atoms with van der Waals surface area (Å²) in [7, 11) is 2.10. The molecule has 110 valence electrons. The first-order valence-electron chi connectivity index (χ1n) is 7.46. The largest absolute Gasteiger partial charge is 0.323 e. The van der Waals surface area contributed by atoms with Gasteiger partial charge in [-0.25, -0.2) is 4.79 Å². The van der Waals surface area contributed by atoms with Crippen molar-refractivity contribution >= 4 is 22.5 Å². The minimum absolute atomic E-state index is 0.00153. The quantitative estimate of drug-likeness (QED) is 0.873. The maximum Gasteiger partial charge on any atom is 0.321 e. The SMILES string of the molecule is CN1CCCN(C(=O)Nc2cccc3ccccc23)CC1. The molecule has 2 aromatic carbocycles. The van der Waals surface area contributed by atoms with Gasteiger partial charge in [0.1, 0.15) is 0 Å². The number of carbonyl (C=O) groups is 1. The molecule has 0 unspecified atom stereocenters. The van der Waals surface area contributed by atoms with Gasteiger partial charge in [-0.1, -0.05) is 36.4 Å². The second-order valence-electron chi connectivity index (χ2n) is 5.60. The summed E-state index contributed by atoms with van der Waals surface area (Å²) in [5.74, 6) is 0. The third-order valence-corrected chi connectivity index (χ3v) is 4.04. The number of anilines is 1. The fraction of sp³-hybridized carbons (Fsp3) is 0.353. The van der Waals surface area contributed by atoms with Gasteiger partial charge in [0.25, 0.3) is 0 Å². The summed E-state index contributed by atoms with van der Waals surface area (Å²) in [5.41, 5.74) is 0.885. The highest BCUT2D eigenvalue weighted by atomic mass is 16.2. The van der Waals surface area contributed by atoms with Crippen LogP contribution in [-0.4, -0.2) is 49.1 Å². The zero-order chi connectivity index (χ0) is 14.7. The van der Waals surface area contributed by atoms with Crippen LogP contribution >= 0.6 is 0 Å². The predicted octanol–water partition coefficient (Wildman–Crippen LogP) is 3.01. The molecule has 4 heteroatoms. The third-order valence-electron chi connectivity index (χ3n) is 4.04. The monoisotopic (exact) mass is 283 g/mol. The van der Waals surface area contributed by atoms with E-state index in [4.69, 9.17) is 0 Å². The minimum Gasteiger partial charge on any atom is -0.323 e. The van der Waals surface area contributed by atoms with Gasteiger partial charge in [-0.2, -0.15) is 0 Å². The van der Waals surface area contributed by atoms with Crippen LogP contribution in [0, 0.1) is 0 Å². The van der Waals surface area contributed by atoms with Crippen LogP contribution < -0.4 is 5.32 Å². The Hall–Kier alpha value is -2.07. The van der Waals surface area contributed by atoms with Gasteiger partial charge < -0.3 is 15.1 Å². The van der Waals surface area contributed by atoms with Crippen molar-refractivity contribution in [2.45, 2.75) is 6.42 Å². The molecule has 2 aromatic rings. The highest BCUT2D eigenvalue weighted by molar-refractivity contribution is 6.01. The van der Waals surface area contributed by atoms with Crippen molar-refractivity contribution in [1.82, 2.24) is 9.80 Å². The molecule has 0 spiro atoms. The van der Waals surface area contributed by atoms with Crippen molar-refractivity contribution in [3.63, 3.8) is 0 Å². The topological polar surface area (TPSA) is 35.6 Å². The molecule has 1 aliphatic heterocycles. The molecule has 0 aromatic heterocycles. The first-order chi connectivity index (χ1) is 10.2. The lowest BCUT2D eigenvalue weighted by Crippen LogP contribution is -2.37. The molecule has 0 bridgehead atoms. The number of nitrogens with zero attached hydrogens (tertiary/aromatic N) is 2. The Labute approximate surface area is 125 Å². The van der Waals surface area contributed by atoms with E-state index in [-0.39, 0.29) is 6.03 Å². The van der Waals surface area contributed by atoms with Crippen molar-refractivity contribution in [3.8, 4) is 0 Å². The number of fused-ring (bicyclic) bond motifs is 1. The molecular weight excluding hydrogens is 262 g/mol. The molecule has 0 radical (unpaired) electrons. The van der Waals surface area contributed by atoms with Gasteiger partial charge in [0.15, 0.2) is 0 Å². The standard InChI is InChI=1S/C17H21N3O/c1-19-10-5-11-20(13-12-19)17(21)18-16-9-4-7-14-6-2-3-8-15(14)16/h2-4,6-9H,5,10-13H2,1H3,(H,18,21). The molecule has 1 aliphatic rings. The van der Waals surface area contributed by atoms with Gasteiger partial charge >= 0.3 is 6.03 Å². The van der Waals surface area contributed by atoms with Crippen LogP contribution in [0.25, 0.3) is 10.8 Å². The van der Waals surface area contributed by atoms with Crippen molar-refractivity contribution in [1.29, 1.82) is 0 Å². The smallest absolute Gasteiger partial charge is 0.321 e. The Morgan fingerprint density at radius 2 is 1.81 bits per heavy atom. The summed E-state index contributed by atoms with van der Waals surface area (Å²) in [4.78, 5) is 16.6. The van der Waals surface area contributed by atoms with Gasteiger partial charge in [-0.05, 0) is 31.5 Å². The summed E-state index contributed by atoms with van der Waals surface area (Å²) in [6, 6.07) is 14.1. The number of amides is 2. The molecule has 1 fully saturated rings. The summed E-state index contributed by atoms with van der Waals surface area (Å²) >= 11 is 0. The van der Waals surface area contributed by atoms with Gasteiger partial charge in [-0.15, -0.1) is 0 Å². The molecule has 0 aliphatic carbocycles. The number of carbonyl (C=O) groups excluding carboxylic acids is 1. The normalized spacial score (nSPS) is 16.7. The lowest BCUT2D eigenvalue weighted by atomic mass is 10.1. The molecular formula is C17H21N3O. The Kier molecular flexibility index (Phi) is 4.06. The molecule has 0 atom stereocenters. The predicted molar refractivity (Wildman–Crippen MR) is 86.7 cm³/mol. The first kappa shape index (κ1) is 13.9. The molecule has 2 amide bonds. The summed E-state index contributed by atoms with van der Waals surface area (Å²) in [5, 5.41) is 5.29. The third kappa shape index (κ3) is 3.16. The van der Waals surface area contributed by atoms with E-state index in [2.05, 4.69) is 29.4 Å². The van der Waals surface area contributed by atoms with E-state index in [9.17, 15) is 4.79 Å². The van der Waals surface area contributed by atoms with Crippen LogP contribution in [0.3, 0.4) is 0 Å². The van der Waals surface area contributed by atoms with Gasteiger partial charge in [0, 0.05) is 25.0 Å². The lowest BCUT2D eigenvalue weighted by Gasteiger charge is -2.21. The number of urea groups is 1. The number of likely N-dealkylation sites (N-methyl/N-ethyl adjacent to an activating group) is 1. The fourth-order valence-electron chi connectivity index (χ4n) is 2.78. The van der Waals surface area contributed by atoms with E-state index in [0.717, 1.165) is 49.1 Å². The van der Waals surface area contributed by atoms with Crippen LogP contribution in [0.1, 0.15) is 6.42 Å². The molecule has 1 heterocycles. The van der Waals surface area contributed by atoms with E-state index in [0.29, 0.717) is 0 Å². The van der Waals surface area contributed by atoms with Crippen molar-refractivity contribution in [2.75, 3.05) is 38.5 Å². The number of rotatable bonds is 1. The van der Waals surface area contributed by atoms with E-state index in [1.54, 1.807) is 0 Å². The highest BCUT2D eigenvalue weighted by Crippen LogP contribution is 2.23. The average molecular weight is 283 g/mol. The van der Waals surface area contributed by atoms with Crippen molar-refractivity contribution < 1.29 is 4.79 Å². The molecule has 0 saturated carbocycles. The maximum atomic E-state index is 12.5. The minimum atomic E-state index is 0.00153. The van der Waals surface area contributed by atoms with Gasteiger partial charge in [0.05, 0.1) is 5.69 Å². The van der Waals surface area contributed by atoms with Crippen LogP contribution in [0.2, 0.25) is 0 Å². The second-order valence-corrected chi connectivity index (χ2v) is 5.60. The number of benzene rings is 2. The maximum absolute atomic E-state index is 12.5. The van der Waals surface area contributed by atoms with Crippen molar-refractivity contribution in [2.24, 2.45) is 0 Å². The van der Waals surface area contributed by atoms with E-state index < -0.39 is 0 Å². The summed E-state index contributed by atoms with van der Waals surface area (Å²) in [6.45, 7) is 3.59. The van der Waals surface area contributed by atoms with Gasteiger partial charge in [-0.3, -0.25) is 0 Å².